The molecule has 0 radical (unpaired) electrons. The van der Waals surface area contributed by atoms with Crippen LogP contribution in [0.4, 0.5) is 0 Å². The maximum Gasteiger partial charge on any atom is 0.241 e. The monoisotopic (exact) mass is 280 g/mol. The van der Waals surface area contributed by atoms with Crippen LogP contribution in [0.1, 0.15) is 13.3 Å². The lowest BCUT2D eigenvalue weighted by Gasteiger charge is -2.20. The minimum atomic E-state index is -3.50. The number of nitrogens with one attached hydrogen (secondary N) is 1. The fourth-order valence-electron chi connectivity index (χ4n) is 2.81. The first-order chi connectivity index (χ1) is 8.93. The van der Waals surface area contributed by atoms with Crippen molar-refractivity contribution in [3.05, 3.63) is 30.3 Å². The zero-order valence-electron chi connectivity index (χ0n) is 10.7. The van der Waals surface area contributed by atoms with Crippen molar-refractivity contribution in [3.8, 4) is 0 Å². The van der Waals surface area contributed by atoms with E-state index in [4.69, 9.17) is 0 Å². The van der Waals surface area contributed by atoms with Gasteiger partial charge in [-0.1, -0.05) is 18.2 Å². The fourth-order valence-corrected chi connectivity index (χ4v) is 4.29. The van der Waals surface area contributed by atoms with Gasteiger partial charge < -0.3 is 4.90 Å². The van der Waals surface area contributed by atoms with Gasteiger partial charge >= 0.3 is 0 Å². The van der Waals surface area contributed by atoms with Crippen molar-refractivity contribution >= 4 is 15.9 Å². The summed E-state index contributed by atoms with van der Waals surface area (Å²) in [6, 6.07) is 8.34. The van der Waals surface area contributed by atoms with Crippen molar-refractivity contribution < 1.29 is 13.2 Å². The van der Waals surface area contributed by atoms with Crippen LogP contribution in [-0.4, -0.2) is 37.9 Å². The van der Waals surface area contributed by atoms with Gasteiger partial charge in [-0.2, -0.15) is 0 Å². The molecule has 0 bridgehead atoms. The number of hydrogen-bond donors (Lipinski definition) is 1. The van der Waals surface area contributed by atoms with Crippen molar-refractivity contribution in [1.82, 2.24) is 9.62 Å². The summed E-state index contributed by atoms with van der Waals surface area (Å²) in [5.74, 6) is 0.264. The molecular weight excluding hydrogens is 264 g/mol. The number of carbonyl (C=O) groups excluding carboxylic acids is 1. The lowest BCUT2D eigenvalue weighted by Crippen LogP contribution is -2.43. The molecule has 3 rings (SSSR count). The molecule has 1 saturated carbocycles. The van der Waals surface area contributed by atoms with E-state index in [9.17, 15) is 13.2 Å². The fraction of sp³-hybridized carbons (Fsp3) is 0.462. The highest BCUT2D eigenvalue weighted by Crippen LogP contribution is 2.50. The lowest BCUT2D eigenvalue weighted by molar-refractivity contribution is -0.128. The summed E-state index contributed by atoms with van der Waals surface area (Å²) >= 11 is 0. The van der Waals surface area contributed by atoms with E-state index in [1.807, 2.05) is 0 Å². The minimum Gasteiger partial charge on any atom is -0.341 e. The quantitative estimate of drug-likeness (QED) is 0.881. The summed E-state index contributed by atoms with van der Waals surface area (Å²) in [6.45, 7) is 2.66. The van der Waals surface area contributed by atoms with Gasteiger partial charge in [-0.05, 0) is 24.5 Å². The Labute approximate surface area is 112 Å². The van der Waals surface area contributed by atoms with Crippen molar-refractivity contribution in [2.75, 3.05) is 13.1 Å². The van der Waals surface area contributed by atoms with Gasteiger partial charge in [-0.25, -0.2) is 13.1 Å². The van der Waals surface area contributed by atoms with Crippen LogP contribution in [0.3, 0.4) is 0 Å². The van der Waals surface area contributed by atoms with Crippen LogP contribution in [0.5, 0.6) is 0 Å². The standard InChI is InChI=1S/C13H16N2O3S/c1-10(16)15-8-11-7-13(11,9-15)14-19(17,18)12-5-3-2-4-6-12/h2-6,11,14H,7-9H2,1H3/t11-,13-/m0/s1. The van der Waals surface area contributed by atoms with Crippen LogP contribution in [0.15, 0.2) is 35.2 Å². The summed E-state index contributed by atoms with van der Waals surface area (Å²) < 4.78 is 27.3. The minimum absolute atomic E-state index is 0.00508. The highest BCUT2D eigenvalue weighted by atomic mass is 32.2. The molecule has 2 atom stereocenters. The molecule has 0 spiro atoms. The van der Waals surface area contributed by atoms with Crippen LogP contribution in [0.2, 0.25) is 0 Å². The van der Waals surface area contributed by atoms with E-state index in [1.54, 1.807) is 35.2 Å². The van der Waals surface area contributed by atoms with Gasteiger partial charge in [-0.3, -0.25) is 4.79 Å². The molecule has 1 aliphatic carbocycles. The molecular formula is C13H16N2O3S. The van der Waals surface area contributed by atoms with Crippen LogP contribution in [0.25, 0.3) is 0 Å². The van der Waals surface area contributed by atoms with Gasteiger partial charge in [0.05, 0.1) is 10.4 Å². The first-order valence-electron chi connectivity index (χ1n) is 6.27. The van der Waals surface area contributed by atoms with E-state index >= 15 is 0 Å². The Morgan fingerprint density at radius 1 is 1.37 bits per heavy atom. The average molecular weight is 280 g/mol. The maximum atomic E-state index is 12.3. The van der Waals surface area contributed by atoms with Crippen molar-refractivity contribution in [3.63, 3.8) is 0 Å². The Kier molecular flexibility index (Phi) is 2.69. The van der Waals surface area contributed by atoms with Gasteiger partial charge in [0.2, 0.25) is 15.9 Å². The third kappa shape index (κ3) is 2.15. The van der Waals surface area contributed by atoms with Gasteiger partial charge in [-0.15, -0.1) is 0 Å². The Morgan fingerprint density at radius 3 is 2.63 bits per heavy atom. The molecule has 1 heterocycles. The summed E-state index contributed by atoms with van der Waals surface area (Å²) in [5, 5.41) is 0. The van der Waals surface area contributed by atoms with E-state index in [0.717, 1.165) is 6.42 Å². The van der Waals surface area contributed by atoms with Crippen LogP contribution < -0.4 is 4.72 Å². The predicted molar refractivity (Wildman–Crippen MR) is 69.9 cm³/mol. The number of likely N-dealkylation sites (tertiary alicyclic amines) is 1. The number of sulfonamides is 1. The van der Waals surface area contributed by atoms with E-state index < -0.39 is 15.6 Å². The molecule has 2 fully saturated rings. The first kappa shape index (κ1) is 12.6. The molecule has 1 N–H and O–H groups in total. The Bertz CT molecular complexity index is 614. The summed E-state index contributed by atoms with van der Waals surface area (Å²) in [5.41, 5.74) is -0.430. The van der Waals surface area contributed by atoms with Crippen LogP contribution in [0, 0.1) is 5.92 Å². The van der Waals surface area contributed by atoms with Crippen molar-refractivity contribution in [1.29, 1.82) is 0 Å². The van der Waals surface area contributed by atoms with Gasteiger partial charge in [0.25, 0.3) is 0 Å². The molecule has 1 aromatic carbocycles. The Hall–Kier alpha value is -1.40. The van der Waals surface area contributed by atoms with Gasteiger partial charge in [0.1, 0.15) is 0 Å². The van der Waals surface area contributed by atoms with Crippen molar-refractivity contribution in [2.45, 2.75) is 23.8 Å². The van der Waals surface area contributed by atoms with E-state index in [2.05, 4.69) is 4.72 Å². The number of hydrogen-bond acceptors (Lipinski definition) is 3. The average Bonchev–Trinajstić information content (AvgIpc) is 2.90. The molecule has 19 heavy (non-hydrogen) atoms. The summed E-state index contributed by atoms with van der Waals surface area (Å²) in [6.07, 6.45) is 0.822. The highest BCUT2D eigenvalue weighted by Gasteiger charge is 2.62. The molecule has 5 nitrogen and oxygen atoms in total. The number of benzene rings is 1. The topological polar surface area (TPSA) is 66.5 Å². The molecule has 102 valence electrons. The second kappa shape index (κ2) is 4.05. The molecule has 0 unspecified atom stereocenters. The molecule has 2 aliphatic rings. The number of nitrogens with zero attached hydrogens (tertiary/aromatic N) is 1. The lowest BCUT2D eigenvalue weighted by atomic mass is 10.3. The Balaban J connectivity index is 1.79. The SMILES string of the molecule is CC(=O)N1C[C@@H]2C[C@]2(NS(=O)(=O)c2ccccc2)C1. The second-order valence-corrected chi connectivity index (χ2v) is 7.06. The second-order valence-electron chi connectivity index (χ2n) is 5.38. The number of piperidine rings is 1. The molecule has 1 amide bonds. The van der Waals surface area contributed by atoms with Crippen molar-refractivity contribution in [2.24, 2.45) is 5.92 Å². The number of fused-ring (bicyclic) bond motifs is 1. The molecule has 1 aliphatic heterocycles. The number of carbonyl (C=O) groups is 1. The van der Waals surface area contributed by atoms with Crippen LogP contribution in [-0.2, 0) is 14.8 Å². The molecule has 1 saturated heterocycles. The number of amides is 1. The van der Waals surface area contributed by atoms with E-state index in [0.29, 0.717) is 13.1 Å². The highest BCUT2D eigenvalue weighted by molar-refractivity contribution is 7.89. The van der Waals surface area contributed by atoms with E-state index in [1.165, 1.54) is 6.92 Å². The Morgan fingerprint density at radius 2 is 2.05 bits per heavy atom. The predicted octanol–water partition coefficient (Wildman–Crippen LogP) is 0.586. The maximum absolute atomic E-state index is 12.3. The molecule has 6 heteroatoms. The summed E-state index contributed by atoms with van der Waals surface area (Å²) in [7, 11) is -3.50. The normalized spacial score (nSPS) is 29.1. The van der Waals surface area contributed by atoms with Gasteiger partial charge in [0.15, 0.2) is 0 Å². The van der Waals surface area contributed by atoms with E-state index in [-0.39, 0.29) is 16.7 Å². The summed E-state index contributed by atoms with van der Waals surface area (Å²) in [4.78, 5) is 13.3. The third-order valence-corrected chi connectivity index (χ3v) is 5.55. The zero-order chi connectivity index (χ0) is 13.7. The zero-order valence-corrected chi connectivity index (χ0v) is 11.5. The molecule has 0 aromatic heterocycles. The largest absolute Gasteiger partial charge is 0.341 e. The third-order valence-electron chi connectivity index (χ3n) is 3.98. The molecule has 1 aromatic rings. The van der Waals surface area contributed by atoms with Crippen LogP contribution >= 0.6 is 0 Å². The van der Waals surface area contributed by atoms with Gasteiger partial charge in [0, 0.05) is 20.0 Å². The first-order valence-corrected chi connectivity index (χ1v) is 7.76. The number of rotatable bonds is 3. The smallest absolute Gasteiger partial charge is 0.241 e.